The van der Waals surface area contributed by atoms with Crippen molar-refractivity contribution in [3.63, 3.8) is 0 Å². The van der Waals surface area contributed by atoms with Crippen molar-refractivity contribution in [2.45, 2.75) is 31.8 Å². The zero-order valence-corrected chi connectivity index (χ0v) is 15.1. The molecule has 0 fully saturated rings. The van der Waals surface area contributed by atoms with Crippen molar-refractivity contribution >= 4 is 0 Å². The van der Waals surface area contributed by atoms with E-state index in [2.05, 4.69) is 35.6 Å². The van der Waals surface area contributed by atoms with Gasteiger partial charge in [0.15, 0.2) is 11.5 Å². The number of hydrogen-bond donors (Lipinski definition) is 2. The molecule has 0 radical (unpaired) electrons. The van der Waals surface area contributed by atoms with Gasteiger partial charge in [0.25, 0.3) is 0 Å². The van der Waals surface area contributed by atoms with Gasteiger partial charge in [-0.3, -0.25) is 0 Å². The molecule has 0 aromatic heterocycles. The molecule has 1 unspecified atom stereocenters. The molecule has 4 nitrogen and oxygen atoms in total. The lowest BCUT2D eigenvalue weighted by Crippen LogP contribution is -2.37. The Hall–Kier alpha value is -2.04. The van der Waals surface area contributed by atoms with Gasteiger partial charge in [0, 0.05) is 19.1 Å². The standard InChI is InChI=1S/C21H28N2O2/c1-24-20-8-7-15(12-21(20)25-2)14-23-19(13-22)11-16-9-17-5-3-4-6-18(17)10-16/h3-8,12,16,19,23H,9-11,13-14,22H2,1-2H3. The highest BCUT2D eigenvalue weighted by Crippen LogP contribution is 2.30. The molecular weight excluding hydrogens is 312 g/mol. The molecule has 25 heavy (non-hydrogen) atoms. The summed E-state index contributed by atoms with van der Waals surface area (Å²) in [6, 6.07) is 15.1. The van der Waals surface area contributed by atoms with Crippen LogP contribution >= 0.6 is 0 Å². The molecule has 0 bridgehead atoms. The van der Waals surface area contributed by atoms with Gasteiger partial charge in [-0.2, -0.15) is 0 Å². The number of nitrogens with one attached hydrogen (secondary N) is 1. The van der Waals surface area contributed by atoms with Gasteiger partial charge in [-0.25, -0.2) is 0 Å². The molecule has 1 atom stereocenters. The third-order valence-corrected chi connectivity index (χ3v) is 5.08. The minimum absolute atomic E-state index is 0.326. The Morgan fingerprint density at radius 1 is 1.04 bits per heavy atom. The number of ether oxygens (including phenoxy) is 2. The zero-order chi connectivity index (χ0) is 17.6. The maximum absolute atomic E-state index is 6.01. The Balaban J connectivity index is 1.55. The fraction of sp³-hybridized carbons (Fsp3) is 0.429. The van der Waals surface area contributed by atoms with Crippen LogP contribution in [0.5, 0.6) is 11.5 Å². The Morgan fingerprint density at radius 3 is 2.32 bits per heavy atom. The number of hydrogen-bond acceptors (Lipinski definition) is 4. The van der Waals surface area contributed by atoms with Crippen molar-refractivity contribution < 1.29 is 9.47 Å². The summed E-state index contributed by atoms with van der Waals surface area (Å²) < 4.78 is 10.7. The number of benzene rings is 2. The molecule has 4 heteroatoms. The minimum Gasteiger partial charge on any atom is -0.493 e. The van der Waals surface area contributed by atoms with E-state index in [0.717, 1.165) is 24.5 Å². The normalized spacial score (nSPS) is 15.0. The Kier molecular flexibility index (Phi) is 5.95. The Bertz CT molecular complexity index is 677. The quantitative estimate of drug-likeness (QED) is 0.776. The molecule has 0 amide bonds. The molecule has 3 N–H and O–H groups in total. The first-order chi connectivity index (χ1) is 12.2. The average molecular weight is 340 g/mol. The van der Waals surface area contributed by atoms with Crippen LogP contribution < -0.4 is 20.5 Å². The summed E-state index contributed by atoms with van der Waals surface area (Å²) in [5, 5.41) is 3.61. The maximum atomic E-state index is 6.01. The van der Waals surface area contributed by atoms with Crippen molar-refractivity contribution in [2.24, 2.45) is 11.7 Å². The monoisotopic (exact) mass is 340 g/mol. The lowest BCUT2D eigenvalue weighted by atomic mass is 9.96. The molecule has 3 rings (SSSR count). The van der Waals surface area contributed by atoms with Crippen LogP contribution in [-0.4, -0.2) is 26.8 Å². The van der Waals surface area contributed by atoms with E-state index in [-0.39, 0.29) is 0 Å². The molecule has 1 aliphatic carbocycles. The van der Waals surface area contributed by atoms with Crippen LogP contribution in [0.25, 0.3) is 0 Å². The number of rotatable bonds is 8. The van der Waals surface area contributed by atoms with E-state index in [1.807, 2.05) is 12.1 Å². The summed E-state index contributed by atoms with van der Waals surface area (Å²) in [6.07, 6.45) is 3.45. The molecule has 2 aromatic carbocycles. The van der Waals surface area contributed by atoms with E-state index in [1.54, 1.807) is 14.2 Å². The van der Waals surface area contributed by atoms with Gasteiger partial charge >= 0.3 is 0 Å². The summed E-state index contributed by atoms with van der Waals surface area (Å²) >= 11 is 0. The molecule has 0 heterocycles. The van der Waals surface area contributed by atoms with Crippen LogP contribution in [0, 0.1) is 5.92 Å². The van der Waals surface area contributed by atoms with Gasteiger partial charge in [0.2, 0.25) is 0 Å². The highest BCUT2D eigenvalue weighted by molar-refractivity contribution is 5.42. The topological polar surface area (TPSA) is 56.5 Å². The second-order valence-electron chi connectivity index (χ2n) is 6.78. The molecule has 0 saturated carbocycles. The van der Waals surface area contributed by atoms with Crippen LogP contribution in [0.15, 0.2) is 42.5 Å². The molecule has 0 spiro atoms. The SMILES string of the molecule is COc1ccc(CNC(CN)CC2Cc3ccccc3C2)cc1OC. The van der Waals surface area contributed by atoms with Crippen molar-refractivity contribution in [3.05, 3.63) is 59.2 Å². The van der Waals surface area contributed by atoms with E-state index in [9.17, 15) is 0 Å². The Labute approximate surface area is 150 Å². The predicted octanol–water partition coefficient (Wildman–Crippen LogP) is 2.93. The second kappa shape index (κ2) is 8.37. The van der Waals surface area contributed by atoms with E-state index in [0.29, 0.717) is 18.5 Å². The first-order valence-electron chi connectivity index (χ1n) is 8.94. The van der Waals surface area contributed by atoms with Gasteiger partial charge in [-0.05, 0) is 54.0 Å². The van der Waals surface area contributed by atoms with Crippen LogP contribution in [0.4, 0.5) is 0 Å². The van der Waals surface area contributed by atoms with Gasteiger partial charge in [0.05, 0.1) is 14.2 Å². The van der Waals surface area contributed by atoms with Crippen molar-refractivity contribution in [1.82, 2.24) is 5.32 Å². The van der Waals surface area contributed by atoms with E-state index in [1.165, 1.54) is 29.5 Å². The van der Waals surface area contributed by atoms with Crippen LogP contribution in [-0.2, 0) is 19.4 Å². The number of nitrogens with two attached hydrogens (primary N) is 1. The highest BCUT2D eigenvalue weighted by Gasteiger charge is 2.23. The molecule has 2 aromatic rings. The maximum Gasteiger partial charge on any atom is 0.161 e. The first-order valence-corrected chi connectivity index (χ1v) is 8.94. The summed E-state index contributed by atoms with van der Waals surface area (Å²) in [4.78, 5) is 0. The second-order valence-corrected chi connectivity index (χ2v) is 6.78. The molecular formula is C21H28N2O2. The van der Waals surface area contributed by atoms with E-state index in [4.69, 9.17) is 15.2 Å². The third kappa shape index (κ3) is 4.33. The van der Waals surface area contributed by atoms with Gasteiger partial charge in [0.1, 0.15) is 0 Å². The third-order valence-electron chi connectivity index (χ3n) is 5.08. The minimum atomic E-state index is 0.326. The van der Waals surface area contributed by atoms with Crippen molar-refractivity contribution in [1.29, 1.82) is 0 Å². The largest absolute Gasteiger partial charge is 0.493 e. The lowest BCUT2D eigenvalue weighted by Gasteiger charge is -2.21. The molecule has 0 saturated heterocycles. The average Bonchev–Trinajstić information content (AvgIpc) is 3.07. The number of methoxy groups -OCH3 is 2. The van der Waals surface area contributed by atoms with Crippen molar-refractivity contribution in [3.8, 4) is 11.5 Å². The fourth-order valence-electron chi connectivity index (χ4n) is 3.73. The van der Waals surface area contributed by atoms with E-state index < -0.39 is 0 Å². The Morgan fingerprint density at radius 2 is 1.72 bits per heavy atom. The molecule has 134 valence electrons. The molecule has 1 aliphatic rings. The molecule has 0 aliphatic heterocycles. The van der Waals surface area contributed by atoms with E-state index >= 15 is 0 Å². The van der Waals surface area contributed by atoms with Crippen LogP contribution in [0.3, 0.4) is 0 Å². The van der Waals surface area contributed by atoms with Crippen LogP contribution in [0.1, 0.15) is 23.1 Å². The lowest BCUT2D eigenvalue weighted by molar-refractivity contribution is 0.354. The summed E-state index contributed by atoms with van der Waals surface area (Å²) in [6.45, 7) is 1.43. The zero-order valence-electron chi connectivity index (χ0n) is 15.1. The summed E-state index contributed by atoms with van der Waals surface area (Å²) in [5.74, 6) is 2.20. The van der Waals surface area contributed by atoms with Crippen LogP contribution in [0.2, 0.25) is 0 Å². The first kappa shape index (κ1) is 17.8. The number of fused-ring (bicyclic) bond motifs is 1. The fourth-order valence-corrected chi connectivity index (χ4v) is 3.73. The smallest absolute Gasteiger partial charge is 0.161 e. The van der Waals surface area contributed by atoms with Gasteiger partial charge in [-0.1, -0.05) is 30.3 Å². The summed E-state index contributed by atoms with van der Waals surface area (Å²) in [5.41, 5.74) is 10.2. The van der Waals surface area contributed by atoms with Gasteiger partial charge < -0.3 is 20.5 Å². The van der Waals surface area contributed by atoms with Gasteiger partial charge in [-0.15, -0.1) is 0 Å². The van der Waals surface area contributed by atoms with Crippen molar-refractivity contribution in [2.75, 3.05) is 20.8 Å². The predicted molar refractivity (Wildman–Crippen MR) is 101 cm³/mol. The summed E-state index contributed by atoms with van der Waals surface area (Å²) in [7, 11) is 3.31. The highest BCUT2D eigenvalue weighted by atomic mass is 16.5.